The summed E-state index contributed by atoms with van der Waals surface area (Å²) in [5.41, 5.74) is 4.56. The number of nitrogens with two attached hydrogens (primary N) is 1. The summed E-state index contributed by atoms with van der Waals surface area (Å²) in [5, 5.41) is 7.33. The van der Waals surface area contributed by atoms with Gasteiger partial charge in [0.05, 0.1) is 6.54 Å². The quantitative estimate of drug-likeness (QED) is 0.945. The minimum Gasteiger partial charge on any atom is -0.325 e. The molecular weight excluding hydrogens is 281 g/mol. The van der Waals surface area contributed by atoms with Gasteiger partial charge in [-0.3, -0.25) is 0 Å². The van der Waals surface area contributed by atoms with Crippen LogP contribution in [0.1, 0.15) is 17.0 Å². The molecule has 102 valence electrons. The van der Waals surface area contributed by atoms with Crippen LogP contribution in [0.3, 0.4) is 0 Å². The van der Waals surface area contributed by atoms with Crippen LogP contribution in [0.2, 0.25) is 5.02 Å². The van der Waals surface area contributed by atoms with Crippen LogP contribution >= 0.6 is 11.6 Å². The van der Waals surface area contributed by atoms with E-state index in [-0.39, 0.29) is 18.8 Å². The maximum Gasteiger partial charge on any atom is 0.434 e. The molecule has 1 heterocycles. The second-order valence-corrected chi connectivity index (χ2v) is 4.24. The zero-order valence-corrected chi connectivity index (χ0v) is 10.4. The van der Waals surface area contributed by atoms with Gasteiger partial charge in [0.15, 0.2) is 5.69 Å². The Balaban J connectivity index is 2.42. The van der Waals surface area contributed by atoms with Crippen LogP contribution in [0.15, 0.2) is 24.3 Å². The van der Waals surface area contributed by atoms with Gasteiger partial charge in [-0.15, -0.1) is 5.10 Å². The first-order valence-electron chi connectivity index (χ1n) is 5.36. The molecule has 0 spiro atoms. The molecule has 4 nitrogen and oxygen atoms in total. The molecule has 0 saturated carbocycles. The minimum atomic E-state index is -4.56. The number of hydrogen-bond acceptors (Lipinski definition) is 3. The number of rotatable bonds is 3. The van der Waals surface area contributed by atoms with Crippen molar-refractivity contribution < 1.29 is 13.2 Å². The molecular formula is C11H10ClF3N4. The maximum atomic E-state index is 12.9. The highest BCUT2D eigenvalue weighted by Crippen LogP contribution is 2.31. The van der Waals surface area contributed by atoms with E-state index in [0.717, 1.165) is 4.68 Å². The van der Waals surface area contributed by atoms with E-state index in [4.69, 9.17) is 17.3 Å². The van der Waals surface area contributed by atoms with Crippen molar-refractivity contribution in [3.8, 4) is 0 Å². The van der Waals surface area contributed by atoms with Gasteiger partial charge in [-0.25, -0.2) is 4.68 Å². The molecule has 0 aliphatic carbocycles. The van der Waals surface area contributed by atoms with E-state index in [9.17, 15) is 13.2 Å². The van der Waals surface area contributed by atoms with Crippen molar-refractivity contribution in [3.63, 3.8) is 0 Å². The Morgan fingerprint density at radius 2 is 1.95 bits per heavy atom. The topological polar surface area (TPSA) is 56.7 Å². The van der Waals surface area contributed by atoms with Crippen molar-refractivity contribution in [2.24, 2.45) is 5.73 Å². The average Bonchev–Trinajstić information content (AvgIpc) is 2.75. The molecule has 0 amide bonds. The predicted octanol–water partition coefficient (Wildman–Crippen LogP) is 2.46. The molecule has 1 aromatic heterocycles. The molecule has 0 fully saturated rings. The first-order chi connectivity index (χ1) is 8.93. The van der Waals surface area contributed by atoms with Crippen molar-refractivity contribution in [1.82, 2.24) is 15.0 Å². The molecule has 0 aliphatic rings. The second-order valence-electron chi connectivity index (χ2n) is 3.84. The fraction of sp³-hybridized carbons (Fsp3) is 0.273. The lowest BCUT2D eigenvalue weighted by Crippen LogP contribution is -2.18. The third-order valence-electron chi connectivity index (χ3n) is 2.54. The number of halogens is 4. The van der Waals surface area contributed by atoms with Crippen LogP contribution in [-0.2, 0) is 19.3 Å². The Labute approximate surface area is 112 Å². The van der Waals surface area contributed by atoms with Gasteiger partial charge in [0.25, 0.3) is 0 Å². The van der Waals surface area contributed by atoms with Gasteiger partial charge in [0.2, 0.25) is 0 Å². The largest absolute Gasteiger partial charge is 0.434 e. The van der Waals surface area contributed by atoms with Gasteiger partial charge in [-0.2, -0.15) is 13.2 Å². The Kier molecular flexibility index (Phi) is 3.77. The number of aromatic nitrogens is 3. The van der Waals surface area contributed by atoms with Gasteiger partial charge >= 0.3 is 6.18 Å². The Morgan fingerprint density at radius 3 is 2.53 bits per heavy atom. The molecule has 2 rings (SSSR count). The van der Waals surface area contributed by atoms with Crippen LogP contribution in [0.5, 0.6) is 0 Å². The highest BCUT2D eigenvalue weighted by Gasteiger charge is 2.38. The molecule has 2 N–H and O–H groups in total. The highest BCUT2D eigenvalue weighted by atomic mass is 35.5. The van der Waals surface area contributed by atoms with Crippen LogP contribution in [0.25, 0.3) is 0 Å². The minimum absolute atomic E-state index is 0.110. The fourth-order valence-corrected chi connectivity index (χ4v) is 1.89. The van der Waals surface area contributed by atoms with Crippen molar-refractivity contribution in [2.75, 3.05) is 0 Å². The summed E-state index contributed by atoms with van der Waals surface area (Å²) in [4.78, 5) is 0. The van der Waals surface area contributed by atoms with E-state index in [0.29, 0.717) is 10.6 Å². The van der Waals surface area contributed by atoms with E-state index >= 15 is 0 Å². The van der Waals surface area contributed by atoms with E-state index in [1.54, 1.807) is 24.3 Å². The summed E-state index contributed by atoms with van der Waals surface area (Å²) in [7, 11) is 0. The van der Waals surface area contributed by atoms with Crippen molar-refractivity contribution in [3.05, 3.63) is 46.2 Å². The molecule has 2 aromatic rings. The highest BCUT2D eigenvalue weighted by molar-refractivity contribution is 6.31. The van der Waals surface area contributed by atoms with Gasteiger partial charge in [-0.1, -0.05) is 35.0 Å². The zero-order chi connectivity index (χ0) is 14.0. The standard InChI is InChI=1S/C11H10ClF3N4/c12-8-4-2-1-3-7(8)6-19-10(11(13,14)15)9(5-16)17-18-19/h1-4H,5-6,16H2. The smallest absolute Gasteiger partial charge is 0.325 e. The lowest BCUT2D eigenvalue weighted by atomic mass is 10.2. The first-order valence-corrected chi connectivity index (χ1v) is 5.74. The maximum absolute atomic E-state index is 12.9. The van der Waals surface area contributed by atoms with E-state index in [2.05, 4.69) is 10.3 Å². The molecule has 0 bridgehead atoms. The van der Waals surface area contributed by atoms with E-state index in [1.165, 1.54) is 0 Å². The normalized spacial score (nSPS) is 11.8. The van der Waals surface area contributed by atoms with Gasteiger partial charge in [-0.05, 0) is 11.6 Å². The van der Waals surface area contributed by atoms with Crippen LogP contribution in [-0.4, -0.2) is 15.0 Å². The molecule has 0 atom stereocenters. The lowest BCUT2D eigenvalue weighted by Gasteiger charge is -2.11. The molecule has 19 heavy (non-hydrogen) atoms. The van der Waals surface area contributed by atoms with Crippen molar-refractivity contribution in [2.45, 2.75) is 19.3 Å². The van der Waals surface area contributed by atoms with Crippen LogP contribution < -0.4 is 5.73 Å². The third-order valence-corrected chi connectivity index (χ3v) is 2.91. The number of benzene rings is 1. The summed E-state index contributed by atoms with van der Waals surface area (Å²) in [6, 6.07) is 6.62. The van der Waals surface area contributed by atoms with Crippen molar-refractivity contribution >= 4 is 11.6 Å². The van der Waals surface area contributed by atoms with E-state index in [1.807, 2.05) is 0 Å². The molecule has 0 saturated heterocycles. The average molecular weight is 291 g/mol. The molecule has 1 aromatic carbocycles. The van der Waals surface area contributed by atoms with Crippen LogP contribution in [0, 0.1) is 0 Å². The predicted molar refractivity (Wildman–Crippen MR) is 63.5 cm³/mol. The van der Waals surface area contributed by atoms with Crippen molar-refractivity contribution in [1.29, 1.82) is 0 Å². The Hall–Kier alpha value is -1.60. The van der Waals surface area contributed by atoms with Gasteiger partial charge < -0.3 is 5.73 Å². The first kappa shape index (κ1) is 13.8. The van der Waals surface area contributed by atoms with Crippen LogP contribution in [0.4, 0.5) is 13.2 Å². The fourth-order valence-electron chi connectivity index (χ4n) is 1.70. The van der Waals surface area contributed by atoms with E-state index < -0.39 is 11.9 Å². The Bertz CT molecular complexity index is 580. The molecule has 0 radical (unpaired) electrons. The summed E-state index contributed by atoms with van der Waals surface area (Å²) >= 11 is 5.91. The van der Waals surface area contributed by atoms with Gasteiger partial charge in [0, 0.05) is 11.6 Å². The second kappa shape index (κ2) is 5.18. The summed E-state index contributed by atoms with van der Waals surface area (Å²) in [6.07, 6.45) is -4.56. The summed E-state index contributed by atoms with van der Waals surface area (Å²) in [5.74, 6) is 0. The zero-order valence-electron chi connectivity index (χ0n) is 9.65. The monoisotopic (exact) mass is 290 g/mol. The number of hydrogen-bond donors (Lipinski definition) is 1. The third kappa shape index (κ3) is 2.87. The lowest BCUT2D eigenvalue weighted by molar-refractivity contribution is -0.144. The molecule has 0 aliphatic heterocycles. The molecule has 8 heteroatoms. The molecule has 0 unspecified atom stereocenters. The summed E-state index contributed by atoms with van der Waals surface area (Å²) < 4.78 is 39.6. The summed E-state index contributed by atoms with van der Waals surface area (Å²) in [6.45, 7) is -0.432. The number of nitrogens with zero attached hydrogens (tertiary/aromatic N) is 3. The SMILES string of the molecule is NCc1nnn(Cc2ccccc2Cl)c1C(F)(F)F. The Morgan fingerprint density at radius 1 is 1.26 bits per heavy atom. The number of alkyl halides is 3. The van der Waals surface area contributed by atoms with Gasteiger partial charge in [0.1, 0.15) is 5.69 Å².